The van der Waals surface area contributed by atoms with Gasteiger partial charge >= 0.3 is 5.97 Å². The fourth-order valence-electron chi connectivity index (χ4n) is 2.29. The summed E-state index contributed by atoms with van der Waals surface area (Å²) in [4.78, 5) is 25.8. The van der Waals surface area contributed by atoms with Crippen molar-refractivity contribution in [3.63, 3.8) is 0 Å². The molecule has 5 heteroatoms. The van der Waals surface area contributed by atoms with Crippen LogP contribution in [-0.2, 0) is 9.53 Å². The first-order chi connectivity index (χ1) is 10.6. The highest BCUT2D eigenvalue weighted by molar-refractivity contribution is 5.94. The zero-order valence-electron chi connectivity index (χ0n) is 13.7. The lowest BCUT2D eigenvalue weighted by Gasteiger charge is -2.20. The maximum atomic E-state index is 12.0. The van der Waals surface area contributed by atoms with Gasteiger partial charge in [-0.2, -0.15) is 0 Å². The Bertz CT molecular complexity index is 483. The van der Waals surface area contributed by atoms with Crippen LogP contribution in [0.4, 0.5) is 5.69 Å². The molecule has 0 radical (unpaired) electrons. The van der Waals surface area contributed by atoms with E-state index in [-0.39, 0.29) is 5.91 Å². The number of carbonyl (C=O) groups excluding carboxylic acids is 2. The highest BCUT2D eigenvalue weighted by Gasteiger charge is 2.09. The predicted octanol–water partition coefficient (Wildman–Crippen LogP) is 2.92. The molecule has 1 rings (SSSR count). The van der Waals surface area contributed by atoms with E-state index in [1.54, 1.807) is 24.3 Å². The highest BCUT2D eigenvalue weighted by Crippen LogP contribution is 2.12. The van der Waals surface area contributed by atoms with Crippen LogP contribution < -0.4 is 5.32 Å². The van der Waals surface area contributed by atoms with E-state index < -0.39 is 5.97 Å². The molecule has 1 aromatic rings. The molecule has 1 aromatic carbocycles. The lowest BCUT2D eigenvalue weighted by atomic mass is 10.2. The Morgan fingerprint density at radius 1 is 1.14 bits per heavy atom. The molecule has 1 amide bonds. The van der Waals surface area contributed by atoms with Gasteiger partial charge in [0.15, 0.2) is 0 Å². The van der Waals surface area contributed by atoms with Gasteiger partial charge in [-0.3, -0.25) is 4.79 Å². The molecule has 0 aromatic heterocycles. The second-order valence-electron chi connectivity index (χ2n) is 5.21. The highest BCUT2D eigenvalue weighted by atomic mass is 16.5. The average molecular weight is 306 g/mol. The van der Waals surface area contributed by atoms with E-state index in [0.29, 0.717) is 17.7 Å². The summed E-state index contributed by atoms with van der Waals surface area (Å²) in [6.07, 6.45) is 2.62. The monoisotopic (exact) mass is 306 g/mol. The van der Waals surface area contributed by atoms with Crippen LogP contribution in [-0.4, -0.2) is 43.5 Å². The molecule has 22 heavy (non-hydrogen) atoms. The Labute approximate surface area is 132 Å². The molecule has 0 unspecified atom stereocenters. The van der Waals surface area contributed by atoms with Gasteiger partial charge in [0.1, 0.15) is 0 Å². The van der Waals surface area contributed by atoms with Crippen molar-refractivity contribution in [3.8, 4) is 0 Å². The molecule has 0 aliphatic carbocycles. The number of benzene rings is 1. The summed E-state index contributed by atoms with van der Waals surface area (Å²) >= 11 is 0. The first-order valence-corrected chi connectivity index (χ1v) is 7.81. The Morgan fingerprint density at radius 2 is 1.82 bits per heavy atom. The number of amides is 1. The molecule has 0 heterocycles. The number of rotatable bonds is 9. The molecule has 0 bridgehead atoms. The SMILES string of the molecule is CCCN(CCC)CCC(=O)Nc1cccc(C(=O)OC)c1. The number of carbonyl (C=O) groups is 2. The molecule has 0 spiro atoms. The summed E-state index contributed by atoms with van der Waals surface area (Å²) in [6, 6.07) is 6.77. The number of esters is 1. The molecule has 0 aliphatic rings. The van der Waals surface area contributed by atoms with Crippen LogP contribution in [0.15, 0.2) is 24.3 Å². The summed E-state index contributed by atoms with van der Waals surface area (Å²) in [7, 11) is 1.34. The first-order valence-electron chi connectivity index (χ1n) is 7.81. The third-order valence-corrected chi connectivity index (χ3v) is 3.30. The van der Waals surface area contributed by atoms with Gasteiger partial charge in [0.05, 0.1) is 12.7 Å². The van der Waals surface area contributed by atoms with Crippen molar-refractivity contribution < 1.29 is 14.3 Å². The van der Waals surface area contributed by atoms with E-state index in [4.69, 9.17) is 0 Å². The van der Waals surface area contributed by atoms with E-state index in [2.05, 4.69) is 28.8 Å². The minimum Gasteiger partial charge on any atom is -0.465 e. The van der Waals surface area contributed by atoms with Gasteiger partial charge in [0.2, 0.25) is 5.91 Å². The number of ether oxygens (including phenoxy) is 1. The van der Waals surface area contributed by atoms with Crippen LogP contribution >= 0.6 is 0 Å². The summed E-state index contributed by atoms with van der Waals surface area (Å²) in [6.45, 7) is 7.06. The average Bonchev–Trinajstić information content (AvgIpc) is 2.52. The van der Waals surface area contributed by atoms with Crippen LogP contribution in [0.1, 0.15) is 43.5 Å². The Kier molecular flexibility index (Phi) is 8.22. The fraction of sp³-hybridized carbons (Fsp3) is 0.529. The van der Waals surface area contributed by atoms with E-state index >= 15 is 0 Å². The van der Waals surface area contributed by atoms with Gasteiger partial charge in [-0.05, 0) is 44.1 Å². The van der Waals surface area contributed by atoms with E-state index in [1.165, 1.54) is 7.11 Å². The third-order valence-electron chi connectivity index (χ3n) is 3.30. The largest absolute Gasteiger partial charge is 0.465 e. The number of nitrogens with zero attached hydrogens (tertiary/aromatic N) is 1. The number of nitrogens with one attached hydrogen (secondary N) is 1. The lowest BCUT2D eigenvalue weighted by Crippen LogP contribution is -2.29. The van der Waals surface area contributed by atoms with Crippen LogP contribution in [0.5, 0.6) is 0 Å². The van der Waals surface area contributed by atoms with Crippen LogP contribution in [0.25, 0.3) is 0 Å². The first kappa shape index (κ1) is 18.2. The summed E-state index contributed by atoms with van der Waals surface area (Å²) in [5, 5.41) is 2.83. The summed E-state index contributed by atoms with van der Waals surface area (Å²) in [5.74, 6) is -0.451. The summed E-state index contributed by atoms with van der Waals surface area (Å²) in [5.41, 5.74) is 1.05. The molecule has 0 saturated heterocycles. The van der Waals surface area contributed by atoms with Gasteiger partial charge in [-0.15, -0.1) is 0 Å². The topological polar surface area (TPSA) is 58.6 Å². The van der Waals surface area contributed by atoms with Crippen molar-refractivity contribution in [2.45, 2.75) is 33.1 Å². The third kappa shape index (κ3) is 6.26. The number of methoxy groups -OCH3 is 1. The quantitative estimate of drug-likeness (QED) is 0.713. The lowest BCUT2D eigenvalue weighted by molar-refractivity contribution is -0.116. The van der Waals surface area contributed by atoms with E-state index in [1.807, 2.05) is 0 Å². The number of hydrogen-bond donors (Lipinski definition) is 1. The van der Waals surface area contributed by atoms with Gasteiger partial charge < -0.3 is 15.0 Å². The normalized spacial score (nSPS) is 10.5. The Hall–Kier alpha value is -1.88. The maximum absolute atomic E-state index is 12.0. The molecular formula is C17H26N2O3. The minimum absolute atomic E-state index is 0.0424. The second kappa shape index (κ2) is 9.95. The minimum atomic E-state index is -0.409. The van der Waals surface area contributed by atoms with Crippen molar-refractivity contribution in [2.75, 3.05) is 32.1 Å². The number of anilines is 1. The van der Waals surface area contributed by atoms with Crippen molar-refractivity contribution in [1.82, 2.24) is 4.90 Å². The van der Waals surface area contributed by atoms with Gasteiger partial charge in [0, 0.05) is 18.7 Å². The zero-order valence-corrected chi connectivity index (χ0v) is 13.7. The standard InChI is InChI=1S/C17H26N2O3/c1-4-10-19(11-5-2)12-9-16(20)18-15-8-6-7-14(13-15)17(21)22-3/h6-8,13H,4-5,9-12H2,1-3H3,(H,18,20). The van der Waals surface area contributed by atoms with Gasteiger partial charge in [0.25, 0.3) is 0 Å². The molecule has 0 atom stereocenters. The molecule has 5 nitrogen and oxygen atoms in total. The number of hydrogen-bond acceptors (Lipinski definition) is 4. The van der Waals surface area contributed by atoms with E-state index in [9.17, 15) is 9.59 Å². The second-order valence-corrected chi connectivity index (χ2v) is 5.21. The molecule has 0 fully saturated rings. The van der Waals surface area contributed by atoms with Crippen molar-refractivity contribution in [2.24, 2.45) is 0 Å². The van der Waals surface area contributed by atoms with Gasteiger partial charge in [-0.1, -0.05) is 19.9 Å². The molecule has 0 saturated carbocycles. The predicted molar refractivity (Wildman–Crippen MR) is 88.1 cm³/mol. The van der Waals surface area contributed by atoms with E-state index in [0.717, 1.165) is 32.5 Å². The fourth-order valence-corrected chi connectivity index (χ4v) is 2.29. The molecule has 122 valence electrons. The molecule has 1 N–H and O–H groups in total. The van der Waals surface area contributed by atoms with Crippen molar-refractivity contribution in [3.05, 3.63) is 29.8 Å². The van der Waals surface area contributed by atoms with Crippen molar-refractivity contribution in [1.29, 1.82) is 0 Å². The Balaban J connectivity index is 2.52. The van der Waals surface area contributed by atoms with Gasteiger partial charge in [-0.25, -0.2) is 4.79 Å². The van der Waals surface area contributed by atoms with Crippen molar-refractivity contribution >= 4 is 17.6 Å². The van der Waals surface area contributed by atoms with Crippen LogP contribution in [0, 0.1) is 0 Å². The summed E-state index contributed by atoms with van der Waals surface area (Å²) < 4.78 is 4.67. The van der Waals surface area contributed by atoms with Crippen LogP contribution in [0.2, 0.25) is 0 Å². The molecular weight excluding hydrogens is 280 g/mol. The zero-order chi connectivity index (χ0) is 16.4. The van der Waals surface area contributed by atoms with Crippen LogP contribution in [0.3, 0.4) is 0 Å². The Morgan fingerprint density at radius 3 is 2.41 bits per heavy atom. The maximum Gasteiger partial charge on any atom is 0.337 e. The molecule has 0 aliphatic heterocycles. The smallest absolute Gasteiger partial charge is 0.337 e.